The molecule has 1 N–H and O–H groups in total. The molecule has 0 saturated carbocycles. The number of amides is 1. The molecule has 0 spiro atoms. The van der Waals surface area contributed by atoms with E-state index in [-0.39, 0.29) is 11.2 Å². The third kappa shape index (κ3) is 4.57. The third-order valence-corrected chi connectivity index (χ3v) is 5.61. The minimum atomic E-state index is -0.277. The van der Waals surface area contributed by atoms with Crippen molar-refractivity contribution in [2.75, 3.05) is 7.11 Å². The van der Waals surface area contributed by atoms with Crippen molar-refractivity contribution in [3.63, 3.8) is 0 Å². The summed E-state index contributed by atoms with van der Waals surface area (Å²) in [6.07, 6.45) is 3.70. The normalized spacial score (nSPS) is 11.9. The number of rotatable bonds is 7. The monoisotopic (exact) mass is 395 g/mol. The predicted octanol–water partition coefficient (Wildman–Crippen LogP) is 4.29. The molecule has 0 aliphatic rings. The Morgan fingerprint density at radius 2 is 2.04 bits per heavy atom. The van der Waals surface area contributed by atoms with E-state index < -0.39 is 0 Å². The van der Waals surface area contributed by atoms with Crippen molar-refractivity contribution in [3.8, 4) is 11.4 Å². The number of hydrogen-bond donors (Lipinski definition) is 1. The molecule has 0 saturated heterocycles. The number of carbonyl (C=O) groups excluding carboxylic acids is 1. The van der Waals surface area contributed by atoms with Crippen molar-refractivity contribution in [1.82, 2.24) is 14.9 Å². The highest BCUT2D eigenvalue weighted by atomic mass is 32.2. The van der Waals surface area contributed by atoms with Crippen molar-refractivity contribution >= 4 is 17.7 Å². The maximum atomic E-state index is 12.6. The van der Waals surface area contributed by atoms with E-state index >= 15 is 0 Å². The van der Waals surface area contributed by atoms with Crippen LogP contribution >= 0.6 is 11.8 Å². The van der Waals surface area contributed by atoms with Crippen LogP contribution in [0.2, 0.25) is 0 Å². The zero-order valence-corrected chi connectivity index (χ0v) is 17.4. The molecular formula is C22H25N3O2S. The van der Waals surface area contributed by atoms with Crippen LogP contribution in [0.1, 0.15) is 23.6 Å². The summed E-state index contributed by atoms with van der Waals surface area (Å²) in [6.45, 7) is 6.47. The topological polar surface area (TPSA) is 56.1 Å². The van der Waals surface area contributed by atoms with Crippen LogP contribution in [0, 0.1) is 13.8 Å². The molecule has 1 aromatic heterocycles. The number of methoxy groups -OCH3 is 1. The average Bonchev–Trinajstić information content (AvgIpc) is 3.15. The summed E-state index contributed by atoms with van der Waals surface area (Å²) < 4.78 is 7.38. The van der Waals surface area contributed by atoms with Crippen LogP contribution in [-0.2, 0) is 11.3 Å². The molecule has 0 radical (unpaired) electrons. The molecule has 1 unspecified atom stereocenters. The number of benzene rings is 2. The molecule has 6 heteroatoms. The minimum absolute atomic E-state index is 0.0357. The Kier molecular flexibility index (Phi) is 6.41. The molecule has 3 rings (SSSR count). The van der Waals surface area contributed by atoms with Gasteiger partial charge in [0.1, 0.15) is 5.75 Å². The lowest BCUT2D eigenvalue weighted by atomic mass is 10.1. The van der Waals surface area contributed by atoms with Crippen molar-refractivity contribution in [2.24, 2.45) is 0 Å². The summed E-state index contributed by atoms with van der Waals surface area (Å²) in [6, 6.07) is 14.0. The van der Waals surface area contributed by atoms with Crippen molar-refractivity contribution in [2.45, 2.75) is 37.7 Å². The number of imidazole rings is 1. The van der Waals surface area contributed by atoms with E-state index in [0.717, 1.165) is 22.2 Å². The lowest BCUT2D eigenvalue weighted by molar-refractivity contribution is -0.120. The zero-order chi connectivity index (χ0) is 20.1. The maximum Gasteiger partial charge on any atom is 0.233 e. The highest BCUT2D eigenvalue weighted by Gasteiger charge is 2.18. The minimum Gasteiger partial charge on any atom is -0.496 e. The number of nitrogens with zero attached hydrogens (tertiary/aromatic N) is 2. The maximum absolute atomic E-state index is 12.6. The lowest BCUT2D eigenvalue weighted by Crippen LogP contribution is -2.30. The summed E-state index contributed by atoms with van der Waals surface area (Å²) in [5.74, 6) is 0.736. The zero-order valence-electron chi connectivity index (χ0n) is 16.6. The van der Waals surface area contributed by atoms with Gasteiger partial charge in [-0.1, -0.05) is 42.1 Å². The molecule has 0 aliphatic carbocycles. The molecular weight excluding hydrogens is 370 g/mol. The van der Waals surface area contributed by atoms with Crippen molar-refractivity contribution in [1.29, 1.82) is 0 Å². The van der Waals surface area contributed by atoms with Gasteiger partial charge in [-0.05, 0) is 44.0 Å². The summed E-state index contributed by atoms with van der Waals surface area (Å²) in [4.78, 5) is 17.1. The fourth-order valence-electron chi connectivity index (χ4n) is 2.93. The quantitative estimate of drug-likeness (QED) is 0.606. The van der Waals surface area contributed by atoms with Crippen LogP contribution in [0.3, 0.4) is 0 Å². The number of carbonyl (C=O) groups is 1. The smallest absolute Gasteiger partial charge is 0.233 e. The molecule has 1 atom stereocenters. The van der Waals surface area contributed by atoms with Gasteiger partial charge >= 0.3 is 0 Å². The second-order valence-electron chi connectivity index (χ2n) is 6.66. The summed E-state index contributed by atoms with van der Waals surface area (Å²) in [7, 11) is 1.63. The first-order chi connectivity index (χ1) is 13.5. The number of ether oxygens (including phenoxy) is 1. The Labute approximate surface area is 170 Å². The molecule has 28 heavy (non-hydrogen) atoms. The van der Waals surface area contributed by atoms with Crippen LogP contribution in [0.5, 0.6) is 5.75 Å². The molecule has 1 amide bonds. The highest BCUT2D eigenvalue weighted by Crippen LogP contribution is 2.27. The van der Waals surface area contributed by atoms with Crippen molar-refractivity contribution in [3.05, 3.63) is 71.5 Å². The first kappa shape index (κ1) is 20.0. The van der Waals surface area contributed by atoms with E-state index in [1.165, 1.54) is 22.9 Å². The SMILES string of the molecule is COc1ccccc1CNC(=O)C(C)Sc1nccn1-c1cc(C)ccc1C. The van der Waals surface area contributed by atoms with Gasteiger partial charge in [-0.25, -0.2) is 4.98 Å². The second kappa shape index (κ2) is 8.97. The molecule has 0 bridgehead atoms. The van der Waals surface area contributed by atoms with E-state index in [9.17, 15) is 4.79 Å². The van der Waals surface area contributed by atoms with Gasteiger partial charge in [-0.15, -0.1) is 0 Å². The van der Waals surface area contributed by atoms with Gasteiger partial charge in [0, 0.05) is 24.5 Å². The Balaban J connectivity index is 1.68. The van der Waals surface area contributed by atoms with Gasteiger partial charge in [0.2, 0.25) is 5.91 Å². The van der Waals surface area contributed by atoms with Crippen LogP contribution in [-0.4, -0.2) is 27.8 Å². The molecule has 0 aliphatic heterocycles. The van der Waals surface area contributed by atoms with E-state index in [1.807, 2.05) is 42.0 Å². The number of para-hydroxylation sites is 1. The fraction of sp³-hybridized carbons (Fsp3) is 0.273. The lowest BCUT2D eigenvalue weighted by Gasteiger charge is -2.15. The van der Waals surface area contributed by atoms with Crippen molar-refractivity contribution < 1.29 is 9.53 Å². The van der Waals surface area contributed by atoms with Gasteiger partial charge in [-0.3, -0.25) is 9.36 Å². The van der Waals surface area contributed by atoms with Gasteiger partial charge in [-0.2, -0.15) is 0 Å². The summed E-state index contributed by atoms with van der Waals surface area (Å²) in [5, 5.41) is 3.51. The summed E-state index contributed by atoms with van der Waals surface area (Å²) in [5.41, 5.74) is 4.39. The predicted molar refractivity (Wildman–Crippen MR) is 113 cm³/mol. The van der Waals surface area contributed by atoms with E-state index in [4.69, 9.17) is 4.74 Å². The Morgan fingerprint density at radius 3 is 2.82 bits per heavy atom. The molecule has 1 heterocycles. The van der Waals surface area contributed by atoms with Gasteiger partial charge in [0.05, 0.1) is 18.0 Å². The number of hydrogen-bond acceptors (Lipinski definition) is 4. The van der Waals surface area contributed by atoms with Crippen LogP contribution in [0.15, 0.2) is 60.0 Å². The fourth-order valence-corrected chi connectivity index (χ4v) is 3.83. The number of nitrogens with one attached hydrogen (secondary N) is 1. The van der Waals surface area contributed by atoms with E-state index in [1.54, 1.807) is 13.3 Å². The number of aryl methyl sites for hydroxylation is 2. The Hall–Kier alpha value is -2.73. The Bertz CT molecular complexity index is 968. The second-order valence-corrected chi connectivity index (χ2v) is 7.97. The molecule has 5 nitrogen and oxygen atoms in total. The molecule has 3 aromatic rings. The van der Waals surface area contributed by atoms with Gasteiger partial charge in [0.25, 0.3) is 0 Å². The largest absolute Gasteiger partial charge is 0.496 e. The molecule has 2 aromatic carbocycles. The summed E-state index contributed by atoms with van der Waals surface area (Å²) >= 11 is 1.45. The highest BCUT2D eigenvalue weighted by molar-refractivity contribution is 8.00. The standard InChI is InChI=1S/C22H25N3O2S/c1-15-9-10-16(2)19(13-15)25-12-11-23-22(25)28-17(3)21(26)24-14-18-7-5-6-8-20(18)27-4/h5-13,17H,14H2,1-4H3,(H,24,26). The van der Waals surface area contributed by atoms with Crippen LogP contribution < -0.4 is 10.1 Å². The van der Waals surface area contributed by atoms with Crippen LogP contribution in [0.25, 0.3) is 5.69 Å². The Morgan fingerprint density at radius 1 is 1.25 bits per heavy atom. The van der Waals surface area contributed by atoms with Crippen LogP contribution in [0.4, 0.5) is 0 Å². The number of thioether (sulfide) groups is 1. The number of aromatic nitrogens is 2. The van der Waals surface area contributed by atoms with E-state index in [0.29, 0.717) is 6.54 Å². The third-order valence-electron chi connectivity index (χ3n) is 4.53. The first-order valence-electron chi connectivity index (χ1n) is 9.17. The van der Waals surface area contributed by atoms with E-state index in [2.05, 4.69) is 42.3 Å². The first-order valence-corrected chi connectivity index (χ1v) is 10.0. The van der Waals surface area contributed by atoms with Gasteiger partial charge < -0.3 is 10.1 Å². The molecule has 146 valence electrons. The average molecular weight is 396 g/mol. The molecule has 0 fully saturated rings. The van der Waals surface area contributed by atoms with Gasteiger partial charge in [0.15, 0.2) is 5.16 Å².